The molecule has 0 aliphatic rings. The molecule has 78 valence electrons. The van der Waals surface area contributed by atoms with E-state index in [0.717, 1.165) is 19.6 Å². The maximum absolute atomic E-state index is 4.43. The lowest BCUT2D eigenvalue weighted by Gasteiger charge is -2.10. The molecule has 2 nitrogen and oxygen atoms in total. The molecule has 0 saturated carbocycles. The van der Waals surface area contributed by atoms with Crippen molar-refractivity contribution in [3.8, 4) is 0 Å². The van der Waals surface area contributed by atoms with E-state index >= 15 is 0 Å². The van der Waals surface area contributed by atoms with Gasteiger partial charge in [0, 0.05) is 24.9 Å². The third-order valence-corrected chi connectivity index (χ3v) is 2.36. The number of rotatable bonds is 6. The van der Waals surface area contributed by atoms with E-state index in [1.165, 1.54) is 5.56 Å². The van der Waals surface area contributed by atoms with Gasteiger partial charge < -0.3 is 10.6 Å². The van der Waals surface area contributed by atoms with Crippen LogP contribution in [0.4, 0.5) is 0 Å². The number of thiol groups is 1. The van der Waals surface area contributed by atoms with Gasteiger partial charge in [-0.3, -0.25) is 0 Å². The summed E-state index contributed by atoms with van der Waals surface area (Å²) in [5.41, 5.74) is 1.32. The highest BCUT2D eigenvalue weighted by atomic mass is 32.1. The SMILES string of the molecule is CNCC(S)CNCc1ccccc1. The van der Waals surface area contributed by atoms with E-state index in [4.69, 9.17) is 0 Å². The van der Waals surface area contributed by atoms with Crippen molar-refractivity contribution >= 4 is 12.6 Å². The van der Waals surface area contributed by atoms with Crippen LogP contribution in [0.3, 0.4) is 0 Å². The minimum Gasteiger partial charge on any atom is -0.319 e. The van der Waals surface area contributed by atoms with Crippen LogP contribution in [-0.4, -0.2) is 25.4 Å². The normalized spacial score (nSPS) is 12.7. The molecular formula is C11H18N2S. The Hall–Kier alpha value is -0.510. The largest absolute Gasteiger partial charge is 0.319 e. The van der Waals surface area contributed by atoms with Crippen molar-refractivity contribution in [3.63, 3.8) is 0 Å². The molecule has 0 fully saturated rings. The quantitative estimate of drug-likeness (QED) is 0.616. The van der Waals surface area contributed by atoms with Gasteiger partial charge in [-0.2, -0.15) is 12.6 Å². The molecule has 0 saturated heterocycles. The van der Waals surface area contributed by atoms with Crippen LogP contribution in [0, 0.1) is 0 Å². The Bertz CT molecular complexity index is 238. The highest BCUT2D eigenvalue weighted by Crippen LogP contribution is 1.98. The van der Waals surface area contributed by atoms with Crippen LogP contribution in [0.1, 0.15) is 5.56 Å². The van der Waals surface area contributed by atoms with Crippen molar-refractivity contribution < 1.29 is 0 Å². The molecule has 1 rings (SSSR count). The van der Waals surface area contributed by atoms with Crippen LogP contribution in [0.2, 0.25) is 0 Å². The minimum atomic E-state index is 0.378. The van der Waals surface area contributed by atoms with Crippen LogP contribution in [0.25, 0.3) is 0 Å². The maximum atomic E-state index is 4.43. The molecule has 0 aliphatic heterocycles. The Morgan fingerprint density at radius 3 is 2.57 bits per heavy atom. The van der Waals surface area contributed by atoms with Gasteiger partial charge in [0.05, 0.1) is 0 Å². The molecule has 1 aromatic rings. The van der Waals surface area contributed by atoms with Gasteiger partial charge in [-0.25, -0.2) is 0 Å². The first-order chi connectivity index (χ1) is 6.83. The number of hydrogen-bond donors (Lipinski definition) is 3. The topological polar surface area (TPSA) is 24.1 Å². The number of benzene rings is 1. The number of hydrogen-bond acceptors (Lipinski definition) is 3. The van der Waals surface area contributed by atoms with Crippen LogP contribution >= 0.6 is 12.6 Å². The first-order valence-electron chi connectivity index (χ1n) is 4.90. The molecule has 0 spiro atoms. The van der Waals surface area contributed by atoms with Crippen LogP contribution in [0.15, 0.2) is 30.3 Å². The molecule has 0 radical (unpaired) electrons. The molecule has 0 aliphatic carbocycles. The summed E-state index contributed by atoms with van der Waals surface area (Å²) >= 11 is 4.43. The monoisotopic (exact) mass is 210 g/mol. The molecule has 0 aromatic heterocycles. The second kappa shape index (κ2) is 6.87. The Morgan fingerprint density at radius 1 is 1.21 bits per heavy atom. The molecule has 0 heterocycles. The van der Waals surface area contributed by atoms with E-state index in [1.807, 2.05) is 13.1 Å². The molecule has 2 N–H and O–H groups in total. The third-order valence-electron chi connectivity index (χ3n) is 1.99. The fourth-order valence-corrected chi connectivity index (χ4v) is 1.60. The summed E-state index contributed by atoms with van der Waals surface area (Å²) in [4.78, 5) is 0. The van der Waals surface area contributed by atoms with Crippen molar-refractivity contribution in [2.24, 2.45) is 0 Å². The summed E-state index contributed by atoms with van der Waals surface area (Å²) in [6, 6.07) is 10.4. The Morgan fingerprint density at radius 2 is 1.93 bits per heavy atom. The van der Waals surface area contributed by atoms with E-state index in [9.17, 15) is 0 Å². The van der Waals surface area contributed by atoms with E-state index in [2.05, 4.69) is 47.5 Å². The van der Waals surface area contributed by atoms with Crippen molar-refractivity contribution in [1.29, 1.82) is 0 Å². The first-order valence-corrected chi connectivity index (χ1v) is 5.42. The average molecular weight is 210 g/mol. The summed E-state index contributed by atoms with van der Waals surface area (Å²) in [6.07, 6.45) is 0. The van der Waals surface area contributed by atoms with Crippen molar-refractivity contribution in [2.45, 2.75) is 11.8 Å². The molecule has 0 bridgehead atoms. The summed E-state index contributed by atoms with van der Waals surface area (Å²) in [6.45, 7) is 2.78. The van der Waals surface area contributed by atoms with Gasteiger partial charge in [0.25, 0.3) is 0 Å². The second-order valence-electron chi connectivity index (χ2n) is 3.33. The van der Waals surface area contributed by atoms with Crippen molar-refractivity contribution in [3.05, 3.63) is 35.9 Å². The summed E-state index contributed by atoms with van der Waals surface area (Å²) < 4.78 is 0. The summed E-state index contributed by atoms with van der Waals surface area (Å²) in [5, 5.41) is 6.85. The molecular weight excluding hydrogens is 192 g/mol. The van der Waals surface area contributed by atoms with Crippen LogP contribution in [0.5, 0.6) is 0 Å². The molecule has 1 aromatic carbocycles. The Kier molecular flexibility index (Phi) is 5.68. The first kappa shape index (κ1) is 11.6. The maximum Gasteiger partial charge on any atom is 0.0267 e. The van der Waals surface area contributed by atoms with Crippen molar-refractivity contribution in [2.75, 3.05) is 20.1 Å². The van der Waals surface area contributed by atoms with Crippen LogP contribution < -0.4 is 10.6 Å². The molecule has 3 heteroatoms. The lowest BCUT2D eigenvalue weighted by Crippen LogP contribution is -2.30. The van der Waals surface area contributed by atoms with E-state index in [1.54, 1.807) is 0 Å². The zero-order chi connectivity index (χ0) is 10.2. The van der Waals surface area contributed by atoms with E-state index in [-0.39, 0.29) is 0 Å². The summed E-state index contributed by atoms with van der Waals surface area (Å²) in [5.74, 6) is 0. The zero-order valence-corrected chi connectivity index (χ0v) is 9.43. The minimum absolute atomic E-state index is 0.378. The fourth-order valence-electron chi connectivity index (χ4n) is 1.29. The second-order valence-corrected chi connectivity index (χ2v) is 4.06. The standard InChI is InChI=1S/C11H18N2S/c1-12-8-11(14)9-13-7-10-5-3-2-4-6-10/h2-6,11-14H,7-9H2,1H3. The van der Waals surface area contributed by atoms with Gasteiger partial charge in [-0.1, -0.05) is 30.3 Å². The Labute approximate surface area is 91.5 Å². The third kappa shape index (κ3) is 4.65. The average Bonchev–Trinajstić information content (AvgIpc) is 2.20. The lowest BCUT2D eigenvalue weighted by molar-refractivity contribution is 0.639. The predicted octanol–water partition coefficient (Wildman–Crippen LogP) is 1.29. The van der Waals surface area contributed by atoms with Gasteiger partial charge in [-0.15, -0.1) is 0 Å². The fraction of sp³-hybridized carbons (Fsp3) is 0.455. The van der Waals surface area contributed by atoms with E-state index in [0.29, 0.717) is 5.25 Å². The van der Waals surface area contributed by atoms with Gasteiger partial charge >= 0.3 is 0 Å². The predicted molar refractivity (Wildman–Crippen MR) is 64.8 cm³/mol. The highest BCUT2D eigenvalue weighted by molar-refractivity contribution is 7.81. The zero-order valence-electron chi connectivity index (χ0n) is 8.53. The molecule has 14 heavy (non-hydrogen) atoms. The lowest BCUT2D eigenvalue weighted by atomic mass is 10.2. The highest BCUT2D eigenvalue weighted by Gasteiger charge is 1.99. The van der Waals surface area contributed by atoms with Crippen molar-refractivity contribution in [1.82, 2.24) is 10.6 Å². The molecule has 1 atom stereocenters. The van der Waals surface area contributed by atoms with E-state index < -0.39 is 0 Å². The van der Waals surface area contributed by atoms with Gasteiger partial charge in [0.15, 0.2) is 0 Å². The molecule has 1 unspecified atom stereocenters. The smallest absolute Gasteiger partial charge is 0.0267 e. The summed E-state index contributed by atoms with van der Waals surface area (Å²) in [7, 11) is 1.94. The molecule has 0 amide bonds. The van der Waals surface area contributed by atoms with Gasteiger partial charge in [-0.05, 0) is 12.6 Å². The van der Waals surface area contributed by atoms with Gasteiger partial charge in [0.1, 0.15) is 0 Å². The van der Waals surface area contributed by atoms with Gasteiger partial charge in [0.2, 0.25) is 0 Å². The Balaban J connectivity index is 2.16. The number of nitrogens with one attached hydrogen (secondary N) is 2. The van der Waals surface area contributed by atoms with Crippen LogP contribution in [-0.2, 0) is 6.54 Å².